The van der Waals surface area contributed by atoms with Crippen molar-refractivity contribution in [3.8, 4) is 0 Å². The minimum Gasteiger partial charge on any atom is -0.378 e. The zero-order valence-corrected chi connectivity index (χ0v) is 15.0. The maximum Gasteiger partial charge on any atom is 0.265 e. The molecule has 6 nitrogen and oxygen atoms in total. The van der Waals surface area contributed by atoms with Gasteiger partial charge in [0.2, 0.25) is 0 Å². The van der Waals surface area contributed by atoms with Crippen LogP contribution >= 0.6 is 23.4 Å². The molecule has 26 heavy (non-hydrogen) atoms. The number of anilines is 1. The van der Waals surface area contributed by atoms with Crippen LogP contribution in [0, 0.1) is 0 Å². The van der Waals surface area contributed by atoms with Gasteiger partial charge >= 0.3 is 0 Å². The van der Waals surface area contributed by atoms with E-state index >= 15 is 0 Å². The van der Waals surface area contributed by atoms with Gasteiger partial charge < -0.3 is 15.7 Å². The standard InChI is InChI=1S/C18H14ClN3O3S/c19-11-6-7-13-12(8-11)18(25,14-15(23)21-17(20)26-14)16(24)22(13)9-10-4-2-1-3-5-10/h1-8,14,25H,9H2,(H2,20,21,23)/t14-,18+/m1/s1. The van der Waals surface area contributed by atoms with E-state index in [9.17, 15) is 14.7 Å². The number of nitrogens with zero attached hydrogens (tertiary/aromatic N) is 2. The quantitative estimate of drug-likeness (QED) is 0.840. The highest BCUT2D eigenvalue weighted by Gasteiger charge is 2.59. The number of nitrogens with two attached hydrogens (primary N) is 1. The van der Waals surface area contributed by atoms with Crippen LogP contribution < -0.4 is 10.6 Å². The predicted octanol–water partition coefficient (Wildman–Crippen LogP) is 2.03. The van der Waals surface area contributed by atoms with Crippen LogP contribution in [0.5, 0.6) is 0 Å². The molecule has 2 heterocycles. The Morgan fingerprint density at radius 3 is 2.62 bits per heavy atom. The fraction of sp³-hybridized carbons (Fsp3) is 0.167. The van der Waals surface area contributed by atoms with Gasteiger partial charge in [-0.15, -0.1) is 0 Å². The number of aliphatic hydroxyl groups is 1. The van der Waals surface area contributed by atoms with Crippen molar-refractivity contribution in [2.24, 2.45) is 10.7 Å². The summed E-state index contributed by atoms with van der Waals surface area (Å²) < 4.78 is 0. The fourth-order valence-corrected chi connectivity index (χ4v) is 4.39. The number of carbonyl (C=O) groups excluding carboxylic acids is 2. The van der Waals surface area contributed by atoms with Gasteiger partial charge in [0, 0.05) is 10.6 Å². The van der Waals surface area contributed by atoms with Crippen molar-refractivity contribution in [1.29, 1.82) is 0 Å². The molecule has 0 fully saturated rings. The molecule has 8 heteroatoms. The van der Waals surface area contributed by atoms with Gasteiger partial charge in [-0.05, 0) is 23.8 Å². The van der Waals surface area contributed by atoms with Crippen LogP contribution in [0.3, 0.4) is 0 Å². The number of benzene rings is 2. The predicted molar refractivity (Wildman–Crippen MR) is 101 cm³/mol. The number of hydrogen-bond acceptors (Lipinski definition) is 5. The summed E-state index contributed by atoms with van der Waals surface area (Å²) >= 11 is 6.98. The van der Waals surface area contributed by atoms with Crippen LogP contribution in [-0.2, 0) is 21.7 Å². The van der Waals surface area contributed by atoms with Crippen molar-refractivity contribution < 1.29 is 14.7 Å². The fourth-order valence-electron chi connectivity index (χ4n) is 3.28. The van der Waals surface area contributed by atoms with E-state index in [1.165, 1.54) is 11.0 Å². The first kappa shape index (κ1) is 17.1. The van der Waals surface area contributed by atoms with E-state index in [2.05, 4.69) is 4.99 Å². The molecule has 3 N–H and O–H groups in total. The van der Waals surface area contributed by atoms with Gasteiger partial charge in [0.05, 0.1) is 12.2 Å². The lowest BCUT2D eigenvalue weighted by molar-refractivity contribution is -0.140. The highest BCUT2D eigenvalue weighted by atomic mass is 35.5. The highest BCUT2D eigenvalue weighted by Crippen LogP contribution is 2.48. The van der Waals surface area contributed by atoms with Crippen LogP contribution in [0.25, 0.3) is 0 Å². The lowest BCUT2D eigenvalue weighted by atomic mass is 9.91. The Labute approximate surface area is 158 Å². The van der Waals surface area contributed by atoms with Crippen molar-refractivity contribution in [3.63, 3.8) is 0 Å². The van der Waals surface area contributed by atoms with Crippen molar-refractivity contribution in [2.75, 3.05) is 4.90 Å². The molecule has 4 rings (SSSR count). The van der Waals surface area contributed by atoms with E-state index in [4.69, 9.17) is 17.3 Å². The van der Waals surface area contributed by atoms with Gasteiger partial charge in [0.25, 0.3) is 11.8 Å². The second-order valence-corrected chi connectivity index (χ2v) is 7.65. The first-order chi connectivity index (χ1) is 12.4. The zero-order valence-electron chi connectivity index (χ0n) is 13.4. The Morgan fingerprint density at radius 2 is 1.96 bits per heavy atom. The Morgan fingerprint density at radius 1 is 1.23 bits per heavy atom. The summed E-state index contributed by atoms with van der Waals surface area (Å²) in [6, 6.07) is 14.2. The van der Waals surface area contributed by atoms with Gasteiger partial charge in [-0.25, -0.2) is 0 Å². The van der Waals surface area contributed by atoms with Gasteiger partial charge in [-0.1, -0.05) is 53.7 Å². The molecule has 0 spiro atoms. The third-order valence-corrected chi connectivity index (χ3v) is 5.82. The van der Waals surface area contributed by atoms with Crippen LogP contribution in [0.2, 0.25) is 5.02 Å². The minimum absolute atomic E-state index is 0.0336. The molecule has 0 radical (unpaired) electrons. The first-order valence-corrected chi connectivity index (χ1v) is 9.10. The third kappa shape index (κ3) is 2.51. The molecule has 0 aromatic heterocycles. The number of carbonyl (C=O) groups is 2. The molecule has 2 aromatic carbocycles. The summed E-state index contributed by atoms with van der Waals surface area (Å²) in [5, 5.41) is 10.6. The molecule has 0 saturated heterocycles. The SMILES string of the molecule is NC1=NC(=O)[C@H]([C@]2(O)C(=O)N(Cc3ccccc3)c3ccc(Cl)cc32)S1. The Balaban J connectivity index is 1.81. The number of amides is 2. The molecule has 2 aromatic rings. The molecule has 132 valence electrons. The lowest BCUT2D eigenvalue weighted by Crippen LogP contribution is -2.49. The Kier molecular flexibility index (Phi) is 4.02. The molecule has 0 saturated carbocycles. The molecule has 0 bridgehead atoms. The van der Waals surface area contributed by atoms with E-state index in [-0.39, 0.29) is 11.7 Å². The monoisotopic (exact) mass is 387 g/mol. The Bertz CT molecular complexity index is 950. The first-order valence-electron chi connectivity index (χ1n) is 7.84. The smallest absolute Gasteiger partial charge is 0.265 e. The summed E-state index contributed by atoms with van der Waals surface area (Å²) in [4.78, 5) is 30.6. The zero-order chi connectivity index (χ0) is 18.5. The molecule has 2 atom stereocenters. The second kappa shape index (κ2) is 6.12. The number of aliphatic imine (C=N–C) groups is 1. The van der Waals surface area contributed by atoms with Crippen LogP contribution in [-0.4, -0.2) is 27.3 Å². The van der Waals surface area contributed by atoms with Gasteiger partial charge in [0.15, 0.2) is 10.8 Å². The average molecular weight is 388 g/mol. The number of hydrogen-bond donors (Lipinski definition) is 2. The van der Waals surface area contributed by atoms with E-state index in [0.29, 0.717) is 16.3 Å². The van der Waals surface area contributed by atoms with Gasteiger partial charge in [-0.2, -0.15) is 4.99 Å². The maximum atomic E-state index is 13.2. The maximum absolute atomic E-state index is 13.2. The minimum atomic E-state index is -2.07. The summed E-state index contributed by atoms with van der Waals surface area (Å²) in [7, 11) is 0. The van der Waals surface area contributed by atoms with E-state index in [1.807, 2.05) is 30.3 Å². The lowest BCUT2D eigenvalue weighted by Gasteiger charge is -2.26. The van der Waals surface area contributed by atoms with Crippen LogP contribution in [0.4, 0.5) is 5.69 Å². The summed E-state index contributed by atoms with van der Waals surface area (Å²) in [6.45, 7) is 0.262. The number of halogens is 1. The molecule has 2 aliphatic heterocycles. The van der Waals surface area contributed by atoms with Gasteiger partial charge in [-0.3, -0.25) is 9.59 Å². The number of amidine groups is 1. The van der Waals surface area contributed by atoms with Crippen LogP contribution in [0.15, 0.2) is 53.5 Å². The number of rotatable bonds is 3. The summed E-state index contributed by atoms with van der Waals surface area (Å²) in [5.41, 5.74) is 5.26. The van der Waals surface area contributed by atoms with E-state index in [0.717, 1.165) is 17.3 Å². The normalized spacial score (nSPS) is 24.8. The highest BCUT2D eigenvalue weighted by molar-refractivity contribution is 8.15. The van der Waals surface area contributed by atoms with Crippen molar-refractivity contribution >= 4 is 46.0 Å². The summed E-state index contributed by atoms with van der Waals surface area (Å²) in [5.74, 6) is -1.22. The third-order valence-electron chi connectivity index (χ3n) is 4.48. The summed E-state index contributed by atoms with van der Waals surface area (Å²) in [6.07, 6.45) is 0. The molecular formula is C18H14ClN3O3S. The molecule has 2 aliphatic rings. The van der Waals surface area contributed by atoms with E-state index in [1.54, 1.807) is 12.1 Å². The van der Waals surface area contributed by atoms with Crippen molar-refractivity contribution in [3.05, 3.63) is 64.7 Å². The van der Waals surface area contributed by atoms with Crippen LogP contribution in [0.1, 0.15) is 11.1 Å². The van der Waals surface area contributed by atoms with Crippen molar-refractivity contribution in [2.45, 2.75) is 17.4 Å². The molecular weight excluding hydrogens is 374 g/mol. The number of fused-ring (bicyclic) bond motifs is 1. The average Bonchev–Trinajstić information content (AvgIpc) is 3.06. The second-order valence-electron chi connectivity index (χ2n) is 6.09. The Hall–Kier alpha value is -2.35. The largest absolute Gasteiger partial charge is 0.378 e. The van der Waals surface area contributed by atoms with Crippen molar-refractivity contribution in [1.82, 2.24) is 0 Å². The molecule has 0 aliphatic carbocycles. The number of thioether (sulfide) groups is 1. The van der Waals surface area contributed by atoms with E-state index < -0.39 is 22.7 Å². The molecule has 2 amide bonds. The topological polar surface area (TPSA) is 96.0 Å². The molecule has 0 unspecified atom stereocenters. The van der Waals surface area contributed by atoms with Gasteiger partial charge in [0.1, 0.15) is 5.25 Å².